The first-order valence-corrected chi connectivity index (χ1v) is 11.8. The second-order valence-corrected chi connectivity index (χ2v) is 8.02. The van der Waals surface area contributed by atoms with E-state index in [-0.39, 0.29) is 34.3 Å². The summed E-state index contributed by atoms with van der Waals surface area (Å²) in [4.78, 5) is 26.3. The van der Waals surface area contributed by atoms with Gasteiger partial charge in [-0.05, 0) is 85.2 Å². The monoisotopic (exact) mass is 516 g/mol. The van der Waals surface area contributed by atoms with E-state index >= 15 is 0 Å². The fraction of sp³-hybridized carbons (Fsp3) is 0.133. The Kier molecular flexibility index (Phi) is 9.31. The van der Waals surface area contributed by atoms with E-state index in [0.29, 0.717) is 29.9 Å². The van der Waals surface area contributed by atoms with Gasteiger partial charge < -0.3 is 29.9 Å². The van der Waals surface area contributed by atoms with Crippen LogP contribution in [0.5, 0.6) is 34.5 Å². The Balaban J connectivity index is 1.94. The van der Waals surface area contributed by atoms with Gasteiger partial charge in [-0.3, -0.25) is 9.59 Å². The third-order valence-corrected chi connectivity index (χ3v) is 5.26. The maximum Gasteiger partial charge on any atom is 0.189 e. The largest absolute Gasteiger partial charge is 0.504 e. The molecule has 0 spiro atoms. The number of phenolic OH excluding ortho intramolecular Hbond substituents is 4. The smallest absolute Gasteiger partial charge is 0.189 e. The van der Waals surface area contributed by atoms with Gasteiger partial charge in [-0.15, -0.1) is 0 Å². The average Bonchev–Trinajstić information content (AvgIpc) is 2.90. The van der Waals surface area contributed by atoms with Gasteiger partial charge in [0, 0.05) is 0 Å². The van der Waals surface area contributed by atoms with Gasteiger partial charge in [-0.1, -0.05) is 30.4 Å². The van der Waals surface area contributed by atoms with Crippen molar-refractivity contribution in [2.24, 2.45) is 0 Å². The standard InChI is InChI=1S/C30H28O8/c1-3-37-29-17-19(7-13-26(29)34)5-10-23(31)22(15-21-9-12-25(33)28(36)16-21)24(32)11-6-20-8-14-27(35)30(18-20)38-4-2/h5-18,33-36H,3-4H2,1-2H3/b10-5+,11-6+. The number of aromatic hydroxyl groups is 4. The Morgan fingerprint density at radius 1 is 0.632 bits per heavy atom. The molecule has 3 aromatic carbocycles. The van der Waals surface area contributed by atoms with Crippen molar-refractivity contribution in [1.82, 2.24) is 0 Å². The Bertz CT molecular complexity index is 1340. The molecule has 3 aromatic rings. The lowest BCUT2D eigenvalue weighted by Gasteiger charge is -2.07. The highest BCUT2D eigenvalue weighted by molar-refractivity contribution is 6.31. The summed E-state index contributed by atoms with van der Waals surface area (Å²) >= 11 is 0. The van der Waals surface area contributed by atoms with Crippen LogP contribution in [0, 0.1) is 0 Å². The molecule has 8 nitrogen and oxygen atoms in total. The summed E-state index contributed by atoms with van der Waals surface area (Å²) < 4.78 is 10.7. The van der Waals surface area contributed by atoms with E-state index in [0.717, 1.165) is 0 Å². The molecule has 0 aliphatic carbocycles. The van der Waals surface area contributed by atoms with Crippen LogP contribution in [-0.2, 0) is 9.59 Å². The van der Waals surface area contributed by atoms with Gasteiger partial charge in [0.2, 0.25) is 0 Å². The van der Waals surface area contributed by atoms with E-state index in [9.17, 15) is 30.0 Å². The van der Waals surface area contributed by atoms with Crippen molar-refractivity contribution in [3.05, 3.63) is 89.0 Å². The second-order valence-electron chi connectivity index (χ2n) is 8.02. The van der Waals surface area contributed by atoms with Crippen LogP contribution in [0.4, 0.5) is 0 Å². The molecule has 0 heterocycles. The molecule has 0 fully saturated rings. The van der Waals surface area contributed by atoms with Crippen LogP contribution >= 0.6 is 0 Å². The van der Waals surface area contributed by atoms with Crippen LogP contribution in [0.25, 0.3) is 18.2 Å². The van der Waals surface area contributed by atoms with Gasteiger partial charge in [-0.25, -0.2) is 0 Å². The van der Waals surface area contributed by atoms with Crippen molar-refractivity contribution in [3.8, 4) is 34.5 Å². The Morgan fingerprint density at radius 3 is 1.53 bits per heavy atom. The highest BCUT2D eigenvalue weighted by Gasteiger charge is 2.15. The first kappa shape index (κ1) is 27.6. The molecule has 0 atom stereocenters. The number of rotatable bonds is 11. The SMILES string of the molecule is CCOc1cc(/C=C/C(=O)C(=Cc2ccc(O)c(O)c2)C(=O)/C=C/c2ccc(O)c(OCC)c2)ccc1O. The van der Waals surface area contributed by atoms with Crippen LogP contribution in [0.15, 0.2) is 72.3 Å². The summed E-state index contributed by atoms with van der Waals surface area (Å²) in [6, 6.07) is 13.1. The number of hydrogen-bond donors (Lipinski definition) is 4. The number of hydrogen-bond acceptors (Lipinski definition) is 8. The number of ketones is 2. The summed E-state index contributed by atoms with van der Waals surface area (Å²) in [6.45, 7) is 4.25. The summed E-state index contributed by atoms with van der Waals surface area (Å²) in [5, 5.41) is 39.2. The van der Waals surface area contributed by atoms with Gasteiger partial charge in [-0.2, -0.15) is 0 Å². The quantitative estimate of drug-likeness (QED) is 0.117. The lowest BCUT2D eigenvalue weighted by molar-refractivity contribution is -0.116. The van der Waals surface area contributed by atoms with E-state index in [1.54, 1.807) is 38.1 Å². The van der Waals surface area contributed by atoms with E-state index in [4.69, 9.17) is 9.47 Å². The van der Waals surface area contributed by atoms with E-state index in [2.05, 4.69) is 0 Å². The molecule has 3 rings (SSSR count). The summed E-state index contributed by atoms with van der Waals surface area (Å²) in [5.41, 5.74) is 1.26. The predicted octanol–water partition coefficient (Wildman–Crippen LogP) is 5.25. The maximum absolute atomic E-state index is 13.1. The number of carbonyl (C=O) groups excluding carboxylic acids is 2. The van der Waals surface area contributed by atoms with Crippen molar-refractivity contribution in [2.45, 2.75) is 13.8 Å². The van der Waals surface area contributed by atoms with Crippen molar-refractivity contribution in [1.29, 1.82) is 0 Å². The zero-order valence-electron chi connectivity index (χ0n) is 20.9. The molecule has 0 aliphatic heterocycles. The minimum atomic E-state index is -0.612. The Labute approximate surface area is 220 Å². The van der Waals surface area contributed by atoms with Crippen molar-refractivity contribution >= 4 is 29.8 Å². The second kappa shape index (κ2) is 12.8. The number of allylic oxidation sites excluding steroid dienone is 3. The normalized spacial score (nSPS) is 11.0. The molecule has 4 N–H and O–H groups in total. The fourth-order valence-corrected chi connectivity index (χ4v) is 3.39. The third kappa shape index (κ3) is 7.27. The molecule has 0 saturated carbocycles. The fourth-order valence-electron chi connectivity index (χ4n) is 3.39. The molecule has 38 heavy (non-hydrogen) atoms. The number of ether oxygens (including phenoxy) is 2. The van der Waals surface area contributed by atoms with Gasteiger partial charge in [0.05, 0.1) is 18.8 Å². The molecular formula is C30H28O8. The highest BCUT2D eigenvalue weighted by Crippen LogP contribution is 2.29. The lowest BCUT2D eigenvalue weighted by atomic mass is 10.0. The van der Waals surface area contributed by atoms with Gasteiger partial charge >= 0.3 is 0 Å². The molecule has 0 saturated heterocycles. The summed E-state index contributed by atoms with van der Waals surface area (Å²) in [6.07, 6.45) is 6.71. The maximum atomic E-state index is 13.1. The van der Waals surface area contributed by atoms with Gasteiger partial charge in [0.1, 0.15) is 0 Å². The minimum Gasteiger partial charge on any atom is -0.504 e. The van der Waals surface area contributed by atoms with Crippen LogP contribution < -0.4 is 9.47 Å². The minimum absolute atomic E-state index is 0.0370. The third-order valence-electron chi connectivity index (χ3n) is 5.26. The number of phenols is 4. The van der Waals surface area contributed by atoms with Crippen molar-refractivity contribution in [2.75, 3.05) is 13.2 Å². The predicted molar refractivity (Wildman–Crippen MR) is 144 cm³/mol. The molecule has 196 valence electrons. The summed E-state index contributed by atoms with van der Waals surface area (Å²) in [7, 11) is 0. The van der Waals surface area contributed by atoms with Crippen molar-refractivity contribution < 1.29 is 39.5 Å². The molecule has 0 aromatic heterocycles. The van der Waals surface area contributed by atoms with Crippen LogP contribution in [0.3, 0.4) is 0 Å². The van der Waals surface area contributed by atoms with Crippen LogP contribution in [0.1, 0.15) is 30.5 Å². The topological polar surface area (TPSA) is 134 Å². The Hall–Kier alpha value is -4.98. The van der Waals surface area contributed by atoms with Crippen molar-refractivity contribution in [3.63, 3.8) is 0 Å². The molecule has 0 radical (unpaired) electrons. The highest BCUT2D eigenvalue weighted by atomic mass is 16.5. The molecule has 0 unspecified atom stereocenters. The van der Waals surface area contributed by atoms with Crippen LogP contribution in [-0.4, -0.2) is 45.2 Å². The zero-order valence-corrected chi connectivity index (χ0v) is 20.9. The average molecular weight is 517 g/mol. The first-order chi connectivity index (χ1) is 18.2. The van der Waals surface area contributed by atoms with Crippen LogP contribution in [0.2, 0.25) is 0 Å². The lowest BCUT2D eigenvalue weighted by Crippen LogP contribution is -2.08. The van der Waals surface area contributed by atoms with E-state index in [1.165, 1.54) is 60.7 Å². The zero-order chi connectivity index (χ0) is 27.7. The Morgan fingerprint density at radius 2 is 1.08 bits per heavy atom. The molecule has 0 amide bonds. The first-order valence-electron chi connectivity index (χ1n) is 11.8. The molecular weight excluding hydrogens is 488 g/mol. The van der Waals surface area contributed by atoms with E-state index < -0.39 is 17.3 Å². The molecule has 0 bridgehead atoms. The number of carbonyl (C=O) groups is 2. The van der Waals surface area contributed by atoms with E-state index in [1.807, 2.05) is 0 Å². The molecule has 0 aliphatic rings. The molecule has 8 heteroatoms. The number of benzene rings is 3. The van der Waals surface area contributed by atoms with Gasteiger partial charge in [0.15, 0.2) is 46.1 Å². The summed E-state index contributed by atoms with van der Waals surface area (Å²) in [5.74, 6) is -1.51. The van der Waals surface area contributed by atoms with Gasteiger partial charge in [0.25, 0.3) is 0 Å².